The van der Waals surface area contributed by atoms with Gasteiger partial charge < -0.3 is 0 Å². The molecule has 5 nitrogen and oxygen atoms in total. The van der Waals surface area contributed by atoms with Gasteiger partial charge in [0.05, 0.1) is 19.6 Å². The van der Waals surface area contributed by atoms with Crippen molar-refractivity contribution in [2.45, 2.75) is 137 Å². The van der Waals surface area contributed by atoms with Crippen LogP contribution < -0.4 is 0 Å². The highest BCUT2D eigenvalue weighted by Crippen LogP contribution is 2.19. The largest absolute Gasteiger partial charge is 0.402 e. The molecule has 0 aliphatic heterocycles. The minimum absolute atomic E-state index is 0.550. The van der Waals surface area contributed by atoms with Crippen molar-refractivity contribution in [3.05, 3.63) is 0 Å². The number of hydrogen-bond acceptors (Lipinski definition) is 3. The molecule has 0 fully saturated rings. The van der Waals surface area contributed by atoms with Gasteiger partial charge in [-0.25, -0.2) is 0 Å². The van der Waals surface area contributed by atoms with Crippen molar-refractivity contribution in [1.29, 1.82) is 0 Å². The molecule has 30 heavy (non-hydrogen) atoms. The fourth-order valence-electron chi connectivity index (χ4n) is 4.48. The molecule has 0 bridgehead atoms. The van der Waals surface area contributed by atoms with E-state index in [1.807, 2.05) is 0 Å². The maximum Gasteiger partial charge on any atom is 0.402 e. The zero-order valence-electron chi connectivity index (χ0n) is 20.5. The Morgan fingerprint density at radius 1 is 0.667 bits per heavy atom. The summed E-state index contributed by atoms with van der Waals surface area (Å²) in [5.74, 6) is 0. The Morgan fingerprint density at radius 2 is 1.00 bits per heavy atom. The lowest BCUT2D eigenvalue weighted by Crippen LogP contribution is -2.56. The highest BCUT2D eigenvalue weighted by Gasteiger charge is 2.33. The molecule has 0 aromatic rings. The van der Waals surface area contributed by atoms with Crippen LogP contribution in [0.1, 0.15) is 130 Å². The Kier molecular flexibility index (Phi) is 18.3. The monoisotopic (exact) mass is 450 g/mol. The number of quaternary nitrogens is 1. The van der Waals surface area contributed by atoms with E-state index >= 15 is 0 Å². The first-order valence-electron chi connectivity index (χ1n) is 12.8. The smallest absolute Gasteiger partial charge is 0.298 e. The van der Waals surface area contributed by atoms with Gasteiger partial charge in [0.2, 0.25) is 6.23 Å². The zero-order valence-corrected chi connectivity index (χ0v) is 21.4. The van der Waals surface area contributed by atoms with Crippen molar-refractivity contribution in [3.8, 4) is 0 Å². The summed E-state index contributed by atoms with van der Waals surface area (Å²) < 4.78 is 36.6. The predicted molar refractivity (Wildman–Crippen MR) is 128 cm³/mol. The third-order valence-electron chi connectivity index (χ3n) is 6.75. The molecule has 1 atom stereocenters. The molecule has 0 aliphatic carbocycles. The van der Waals surface area contributed by atoms with E-state index < -0.39 is 16.6 Å². The standard InChI is InChI=1S/C24H51NO4S/c1-5-8-9-10-11-12-13-14-15-16-17-18-19-20-21-22-23-25(6-2,7-3)24(4)29-30(26,27)28/h24H,5-23H2,1-4H3/p+1. The van der Waals surface area contributed by atoms with E-state index in [4.69, 9.17) is 8.74 Å². The summed E-state index contributed by atoms with van der Waals surface area (Å²) in [4.78, 5) is 0. The van der Waals surface area contributed by atoms with Gasteiger partial charge in [-0.05, 0) is 26.7 Å². The Labute approximate surface area is 188 Å². The van der Waals surface area contributed by atoms with Gasteiger partial charge in [0, 0.05) is 6.92 Å². The van der Waals surface area contributed by atoms with Gasteiger partial charge in [-0.2, -0.15) is 12.6 Å². The minimum atomic E-state index is -4.40. The van der Waals surface area contributed by atoms with E-state index in [2.05, 4.69) is 20.8 Å². The molecule has 0 aliphatic rings. The summed E-state index contributed by atoms with van der Waals surface area (Å²) in [5.41, 5.74) is 0. The van der Waals surface area contributed by atoms with E-state index in [0.717, 1.165) is 26.1 Å². The average molecular weight is 451 g/mol. The molecule has 0 rings (SSSR count). The first kappa shape index (κ1) is 29.8. The van der Waals surface area contributed by atoms with Crippen LogP contribution in [0.15, 0.2) is 0 Å². The van der Waals surface area contributed by atoms with Crippen LogP contribution in [0.3, 0.4) is 0 Å². The summed E-state index contributed by atoms with van der Waals surface area (Å²) >= 11 is 0. The normalized spacial score (nSPS) is 13.6. The van der Waals surface area contributed by atoms with Crippen molar-refractivity contribution in [2.24, 2.45) is 0 Å². The van der Waals surface area contributed by atoms with Crippen molar-refractivity contribution < 1.29 is 21.6 Å². The van der Waals surface area contributed by atoms with Gasteiger partial charge in [0.25, 0.3) is 0 Å². The van der Waals surface area contributed by atoms with Crippen LogP contribution in [-0.2, 0) is 14.6 Å². The van der Waals surface area contributed by atoms with Crippen LogP contribution in [0, 0.1) is 0 Å². The van der Waals surface area contributed by atoms with Crippen LogP contribution in [0.5, 0.6) is 0 Å². The average Bonchev–Trinajstić information content (AvgIpc) is 2.69. The SMILES string of the molecule is CCCCCCCCCCCCCCCCCC[N+](CC)(CC)C(C)OS(=O)(=O)O. The number of hydrogen-bond donors (Lipinski definition) is 1. The summed E-state index contributed by atoms with van der Waals surface area (Å²) in [6.07, 6.45) is 21.0. The van der Waals surface area contributed by atoms with E-state index in [9.17, 15) is 8.42 Å². The highest BCUT2D eigenvalue weighted by atomic mass is 32.3. The molecule has 182 valence electrons. The zero-order chi connectivity index (χ0) is 22.7. The quantitative estimate of drug-likeness (QED) is 0.0815. The molecule has 6 heteroatoms. The van der Waals surface area contributed by atoms with E-state index in [0.29, 0.717) is 4.48 Å². The summed E-state index contributed by atoms with van der Waals surface area (Å²) in [6.45, 7) is 10.6. The predicted octanol–water partition coefficient (Wildman–Crippen LogP) is 7.27. The second kappa shape index (κ2) is 18.4. The molecular weight excluding hydrogens is 398 g/mol. The molecular formula is C24H52NO4S+. The van der Waals surface area contributed by atoms with Gasteiger partial charge in [-0.3, -0.25) is 9.04 Å². The third-order valence-corrected chi connectivity index (χ3v) is 7.27. The molecule has 0 aromatic heterocycles. The maximum atomic E-state index is 11.1. The van der Waals surface area contributed by atoms with Gasteiger partial charge in [0.1, 0.15) is 0 Å². The molecule has 0 saturated heterocycles. The summed E-state index contributed by atoms with van der Waals surface area (Å²) in [5, 5.41) is 0. The molecule has 0 spiro atoms. The maximum absolute atomic E-state index is 11.1. The lowest BCUT2D eigenvalue weighted by atomic mass is 10.0. The van der Waals surface area contributed by atoms with Crippen LogP contribution in [-0.4, -0.2) is 43.3 Å². The Bertz CT molecular complexity index is 478. The molecule has 0 amide bonds. The minimum Gasteiger partial charge on any atom is -0.298 e. The molecule has 0 saturated carbocycles. The van der Waals surface area contributed by atoms with Crippen molar-refractivity contribution in [1.82, 2.24) is 0 Å². The topological polar surface area (TPSA) is 63.6 Å². The van der Waals surface area contributed by atoms with Gasteiger partial charge in [-0.15, -0.1) is 0 Å². The first-order valence-corrected chi connectivity index (χ1v) is 14.2. The molecule has 1 N–H and O–H groups in total. The van der Waals surface area contributed by atoms with E-state index in [1.54, 1.807) is 6.92 Å². The third kappa shape index (κ3) is 15.6. The van der Waals surface area contributed by atoms with E-state index in [1.165, 1.54) is 96.3 Å². The molecule has 1 unspecified atom stereocenters. The molecule has 0 heterocycles. The second-order valence-corrected chi connectivity index (χ2v) is 10.0. The fourth-order valence-corrected chi connectivity index (χ4v) is 5.01. The van der Waals surface area contributed by atoms with Gasteiger partial charge >= 0.3 is 10.4 Å². The number of nitrogens with zero attached hydrogens (tertiary/aromatic N) is 1. The molecule has 0 aromatic carbocycles. The van der Waals surface area contributed by atoms with Crippen molar-refractivity contribution in [2.75, 3.05) is 19.6 Å². The van der Waals surface area contributed by atoms with Crippen molar-refractivity contribution >= 4 is 10.4 Å². The fraction of sp³-hybridized carbons (Fsp3) is 1.00. The second-order valence-electron chi connectivity index (χ2n) is 9.00. The Balaban J connectivity index is 3.67. The van der Waals surface area contributed by atoms with Crippen LogP contribution in [0.25, 0.3) is 0 Å². The number of rotatable bonds is 22. The summed E-state index contributed by atoms with van der Waals surface area (Å²) in [6, 6.07) is 0. The van der Waals surface area contributed by atoms with Crippen molar-refractivity contribution in [3.63, 3.8) is 0 Å². The van der Waals surface area contributed by atoms with E-state index in [-0.39, 0.29) is 0 Å². The Morgan fingerprint density at radius 3 is 1.30 bits per heavy atom. The summed E-state index contributed by atoms with van der Waals surface area (Å²) in [7, 11) is -4.40. The van der Waals surface area contributed by atoms with Crippen LogP contribution in [0.2, 0.25) is 0 Å². The van der Waals surface area contributed by atoms with Gasteiger partial charge in [0.15, 0.2) is 0 Å². The highest BCUT2D eigenvalue weighted by molar-refractivity contribution is 7.80. The molecule has 0 radical (unpaired) electrons. The Hall–Kier alpha value is -0.170. The van der Waals surface area contributed by atoms with Gasteiger partial charge in [-0.1, -0.05) is 96.8 Å². The van der Waals surface area contributed by atoms with Crippen LogP contribution in [0.4, 0.5) is 0 Å². The first-order chi connectivity index (χ1) is 14.3. The lowest BCUT2D eigenvalue weighted by molar-refractivity contribution is -0.963. The van der Waals surface area contributed by atoms with Crippen LogP contribution >= 0.6 is 0 Å². The number of unbranched alkanes of at least 4 members (excludes halogenated alkanes) is 15. The lowest BCUT2D eigenvalue weighted by Gasteiger charge is -2.40.